The van der Waals surface area contributed by atoms with Crippen LogP contribution in [0.15, 0.2) is 12.2 Å². The molecule has 1 aliphatic heterocycles. The lowest BCUT2D eigenvalue weighted by atomic mass is 10.2. The monoisotopic (exact) mass is 155 g/mol. The molecule has 0 fully saturated rings. The Morgan fingerprint density at radius 3 is 2.82 bits per heavy atom. The summed E-state index contributed by atoms with van der Waals surface area (Å²) in [5.41, 5.74) is 0. The average Bonchev–Trinajstić information content (AvgIpc) is 1.97. The zero-order valence-electron chi connectivity index (χ0n) is 5.99. The Morgan fingerprint density at radius 2 is 2.27 bits per heavy atom. The van der Waals surface area contributed by atoms with Gasteiger partial charge >= 0.3 is 0 Å². The number of carbonyl (C=O) groups excluding carboxylic acids is 2. The van der Waals surface area contributed by atoms with Crippen LogP contribution < -0.4 is 0 Å². The Kier molecular flexibility index (Phi) is 2.38. The van der Waals surface area contributed by atoms with E-state index in [1.165, 1.54) is 12.2 Å². The summed E-state index contributed by atoms with van der Waals surface area (Å²) >= 11 is 0. The van der Waals surface area contributed by atoms with E-state index in [0.29, 0.717) is 0 Å². The summed E-state index contributed by atoms with van der Waals surface area (Å²) < 4.78 is 0. The first-order valence-corrected chi connectivity index (χ1v) is 3.37. The quantitative estimate of drug-likeness (QED) is 0.536. The first kappa shape index (κ1) is 7.94. The normalized spacial score (nSPS) is 17.7. The molecule has 2 amide bonds. The standard InChI is InChI=1S/C7H9NO3/c9-5-4-8-6(10)2-1-3-7(8)11/h1-2,9H,3-5H2. The minimum Gasteiger partial charge on any atom is -0.395 e. The third-order valence-electron chi connectivity index (χ3n) is 1.44. The van der Waals surface area contributed by atoms with E-state index < -0.39 is 0 Å². The lowest BCUT2D eigenvalue weighted by Crippen LogP contribution is -2.39. The summed E-state index contributed by atoms with van der Waals surface area (Å²) in [6, 6.07) is 0. The molecule has 0 radical (unpaired) electrons. The molecule has 0 saturated carbocycles. The molecule has 4 nitrogen and oxygen atoms in total. The highest BCUT2D eigenvalue weighted by Gasteiger charge is 2.20. The molecule has 0 spiro atoms. The number of amides is 2. The van der Waals surface area contributed by atoms with Gasteiger partial charge in [-0.25, -0.2) is 0 Å². The van der Waals surface area contributed by atoms with E-state index in [9.17, 15) is 9.59 Å². The number of hydrogen-bond acceptors (Lipinski definition) is 3. The lowest BCUT2D eigenvalue weighted by Gasteiger charge is -2.19. The molecule has 11 heavy (non-hydrogen) atoms. The van der Waals surface area contributed by atoms with Gasteiger partial charge in [0.15, 0.2) is 0 Å². The Morgan fingerprint density at radius 1 is 1.55 bits per heavy atom. The number of aliphatic hydroxyl groups excluding tert-OH is 1. The summed E-state index contributed by atoms with van der Waals surface area (Å²) in [6.45, 7) is -0.0761. The average molecular weight is 155 g/mol. The third kappa shape index (κ3) is 1.65. The molecule has 1 N–H and O–H groups in total. The van der Waals surface area contributed by atoms with Gasteiger partial charge in [0.25, 0.3) is 5.91 Å². The molecule has 0 saturated heterocycles. The van der Waals surface area contributed by atoms with Crippen molar-refractivity contribution < 1.29 is 14.7 Å². The fraction of sp³-hybridized carbons (Fsp3) is 0.429. The first-order valence-electron chi connectivity index (χ1n) is 3.37. The van der Waals surface area contributed by atoms with E-state index in [1.807, 2.05) is 0 Å². The van der Waals surface area contributed by atoms with Crippen molar-refractivity contribution in [2.45, 2.75) is 6.42 Å². The number of hydrogen-bond donors (Lipinski definition) is 1. The second kappa shape index (κ2) is 3.30. The maximum atomic E-state index is 10.9. The van der Waals surface area contributed by atoms with Gasteiger partial charge in [-0.2, -0.15) is 0 Å². The SMILES string of the molecule is O=C1C=CCC(=O)N1CCO. The number of rotatable bonds is 2. The van der Waals surface area contributed by atoms with Crippen molar-refractivity contribution in [2.24, 2.45) is 0 Å². The number of aliphatic hydroxyl groups is 1. The smallest absolute Gasteiger partial charge is 0.252 e. The van der Waals surface area contributed by atoms with Crippen LogP contribution in [0.2, 0.25) is 0 Å². The van der Waals surface area contributed by atoms with Crippen LogP contribution in [-0.4, -0.2) is 35.0 Å². The van der Waals surface area contributed by atoms with Crippen LogP contribution in [0, 0.1) is 0 Å². The zero-order chi connectivity index (χ0) is 8.27. The molecule has 1 heterocycles. The number of β-amino-alcohol motifs (C(OH)–C–C–N with tert-alkyl or cyclic N) is 1. The van der Waals surface area contributed by atoms with Gasteiger partial charge in [-0.3, -0.25) is 14.5 Å². The second-order valence-corrected chi connectivity index (χ2v) is 2.21. The van der Waals surface area contributed by atoms with Crippen molar-refractivity contribution in [3.63, 3.8) is 0 Å². The van der Waals surface area contributed by atoms with Crippen molar-refractivity contribution in [1.29, 1.82) is 0 Å². The minimum atomic E-state index is -0.338. The summed E-state index contributed by atoms with van der Waals surface area (Å²) in [4.78, 5) is 22.9. The molecule has 0 atom stereocenters. The van der Waals surface area contributed by atoms with Crippen LogP contribution in [0.5, 0.6) is 0 Å². The van der Waals surface area contributed by atoms with Gasteiger partial charge in [0.05, 0.1) is 13.2 Å². The Hall–Kier alpha value is -1.16. The van der Waals surface area contributed by atoms with Crippen LogP contribution in [-0.2, 0) is 9.59 Å². The minimum absolute atomic E-state index is 0.0992. The van der Waals surface area contributed by atoms with E-state index in [4.69, 9.17) is 5.11 Å². The Balaban J connectivity index is 2.67. The second-order valence-electron chi connectivity index (χ2n) is 2.21. The predicted octanol–water partition coefficient (Wildman–Crippen LogP) is -0.706. The highest BCUT2D eigenvalue weighted by Crippen LogP contribution is 2.03. The number of carbonyl (C=O) groups is 2. The summed E-state index contributed by atoms with van der Waals surface area (Å²) in [5.74, 6) is -0.582. The van der Waals surface area contributed by atoms with Crippen molar-refractivity contribution >= 4 is 11.8 Å². The van der Waals surface area contributed by atoms with Gasteiger partial charge in [0.1, 0.15) is 0 Å². The molecular formula is C7H9NO3. The van der Waals surface area contributed by atoms with Gasteiger partial charge in [0, 0.05) is 12.5 Å². The zero-order valence-corrected chi connectivity index (χ0v) is 5.99. The molecule has 0 bridgehead atoms. The van der Waals surface area contributed by atoms with Crippen LogP contribution in [0.4, 0.5) is 0 Å². The van der Waals surface area contributed by atoms with Gasteiger partial charge in [-0.1, -0.05) is 6.08 Å². The molecule has 0 unspecified atom stereocenters. The fourth-order valence-corrected chi connectivity index (χ4v) is 0.919. The van der Waals surface area contributed by atoms with E-state index in [-0.39, 0.29) is 31.4 Å². The summed E-state index contributed by atoms with van der Waals surface area (Å²) in [7, 11) is 0. The summed E-state index contributed by atoms with van der Waals surface area (Å²) in [5, 5.41) is 8.48. The Bertz CT molecular complexity index is 210. The summed E-state index contributed by atoms with van der Waals surface area (Å²) in [6.07, 6.45) is 3.13. The molecule has 0 aliphatic carbocycles. The van der Waals surface area contributed by atoms with E-state index in [0.717, 1.165) is 4.90 Å². The van der Waals surface area contributed by atoms with Crippen LogP contribution in [0.25, 0.3) is 0 Å². The first-order chi connectivity index (χ1) is 5.25. The maximum Gasteiger partial charge on any atom is 0.252 e. The van der Waals surface area contributed by atoms with E-state index >= 15 is 0 Å². The molecule has 60 valence electrons. The van der Waals surface area contributed by atoms with Crippen molar-refractivity contribution in [3.8, 4) is 0 Å². The van der Waals surface area contributed by atoms with Gasteiger partial charge < -0.3 is 5.11 Å². The predicted molar refractivity (Wildman–Crippen MR) is 37.6 cm³/mol. The molecule has 1 rings (SSSR count). The third-order valence-corrected chi connectivity index (χ3v) is 1.44. The van der Waals surface area contributed by atoms with Crippen LogP contribution in [0.3, 0.4) is 0 Å². The van der Waals surface area contributed by atoms with Crippen molar-refractivity contribution in [3.05, 3.63) is 12.2 Å². The van der Waals surface area contributed by atoms with Crippen molar-refractivity contribution in [2.75, 3.05) is 13.2 Å². The van der Waals surface area contributed by atoms with Crippen LogP contribution in [0.1, 0.15) is 6.42 Å². The molecule has 1 aliphatic rings. The maximum absolute atomic E-state index is 10.9. The lowest BCUT2D eigenvalue weighted by molar-refractivity contribution is -0.142. The number of imide groups is 1. The largest absolute Gasteiger partial charge is 0.395 e. The Labute approximate surface area is 64.1 Å². The highest BCUT2D eigenvalue weighted by molar-refractivity contribution is 6.04. The number of nitrogens with zero attached hydrogens (tertiary/aromatic N) is 1. The van der Waals surface area contributed by atoms with Gasteiger partial charge in [-0.05, 0) is 0 Å². The molecule has 0 aromatic carbocycles. The van der Waals surface area contributed by atoms with Crippen molar-refractivity contribution in [1.82, 2.24) is 4.90 Å². The van der Waals surface area contributed by atoms with Gasteiger partial charge in [-0.15, -0.1) is 0 Å². The van der Waals surface area contributed by atoms with Gasteiger partial charge in [0.2, 0.25) is 5.91 Å². The van der Waals surface area contributed by atoms with E-state index in [1.54, 1.807) is 0 Å². The topological polar surface area (TPSA) is 57.6 Å². The van der Waals surface area contributed by atoms with Crippen LogP contribution >= 0.6 is 0 Å². The highest BCUT2D eigenvalue weighted by atomic mass is 16.3. The molecule has 4 heteroatoms. The molecule has 0 aromatic rings. The molecule has 0 aromatic heterocycles. The van der Waals surface area contributed by atoms with E-state index in [2.05, 4.69) is 0 Å². The fourth-order valence-electron chi connectivity index (χ4n) is 0.919. The molecular weight excluding hydrogens is 146 g/mol.